The van der Waals surface area contributed by atoms with Crippen molar-refractivity contribution in [1.29, 1.82) is 0 Å². The lowest BCUT2D eigenvalue weighted by atomic mass is 10.0. The molecule has 1 saturated carbocycles. The molecule has 2 atom stereocenters. The molecule has 2 unspecified atom stereocenters. The van der Waals surface area contributed by atoms with Crippen LogP contribution in [0.2, 0.25) is 0 Å². The standard InChI is InChI=1S/C20H26N2O4S2/c1-26-16-8-4-7-15(11-16)22-17-12-28(24,25)13-18(17)27-20(22)21-19(23)10-9-14-5-2-3-6-14/h4,7-8,11,14,17-18H,2-3,5-6,9-10,12-13H2,1H3. The van der Waals surface area contributed by atoms with Crippen molar-refractivity contribution in [2.75, 3.05) is 23.5 Å². The highest BCUT2D eigenvalue weighted by atomic mass is 32.2. The van der Waals surface area contributed by atoms with Gasteiger partial charge in [0.25, 0.3) is 0 Å². The number of hydrogen-bond acceptors (Lipinski definition) is 5. The largest absolute Gasteiger partial charge is 0.497 e. The van der Waals surface area contributed by atoms with Crippen LogP contribution in [0.4, 0.5) is 5.69 Å². The fraction of sp³-hybridized carbons (Fsp3) is 0.600. The summed E-state index contributed by atoms with van der Waals surface area (Å²) in [6.45, 7) is 0. The van der Waals surface area contributed by atoms with Gasteiger partial charge in [0, 0.05) is 23.4 Å². The maximum Gasteiger partial charge on any atom is 0.248 e. The van der Waals surface area contributed by atoms with Crippen molar-refractivity contribution in [2.24, 2.45) is 10.9 Å². The van der Waals surface area contributed by atoms with Gasteiger partial charge in [0.15, 0.2) is 15.0 Å². The van der Waals surface area contributed by atoms with Crippen LogP contribution < -0.4 is 9.64 Å². The molecule has 6 nitrogen and oxygen atoms in total. The maximum absolute atomic E-state index is 12.5. The van der Waals surface area contributed by atoms with E-state index in [1.807, 2.05) is 29.2 Å². The van der Waals surface area contributed by atoms with Crippen LogP contribution in [0.25, 0.3) is 0 Å². The van der Waals surface area contributed by atoms with E-state index >= 15 is 0 Å². The van der Waals surface area contributed by atoms with Gasteiger partial charge in [-0.25, -0.2) is 8.42 Å². The Morgan fingerprint density at radius 3 is 2.82 bits per heavy atom. The van der Waals surface area contributed by atoms with E-state index in [1.54, 1.807) is 7.11 Å². The smallest absolute Gasteiger partial charge is 0.248 e. The first-order valence-corrected chi connectivity index (χ1v) is 12.6. The summed E-state index contributed by atoms with van der Waals surface area (Å²) in [7, 11) is -1.47. The summed E-state index contributed by atoms with van der Waals surface area (Å²) >= 11 is 1.42. The number of rotatable bonds is 5. The monoisotopic (exact) mass is 422 g/mol. The van der Waals surface area contributed by atoms with Crippen molar-refractivity contribution in [3.05, 3.63) is 24.3 Å². The lowest BCUT2D eigenvalue weighted by molar-refractivity contribution is -0.118. The summed E-state index contributed by atoms with van der Waals surface area (Å²) in [6, 6.07) is 7.30. The molecule has 152 valence electrons. The zero-order valence-electron chi connectivity index (χ0n) is 16.0. The molecule has 1 amide bonds. The normalized spacial score (nSPS) is 28.0. The SMILES string of the molecule is COc1cccc(N2C(=NC(=O)CCC3CCCC3)SC3CS(=O)(=O)CC32)c1. The van der Waals surface area contributed by atoms with Gasteiger partial charge in [-0.3, -0.25) is 4.79 Å². The second kappa shape index (κ2) is 8.06. The summed E-state index contributed by atoms with van der Waals surface area (Å²) in [5.74, 6) is 1.47. The van der Waals surface area contributed by atoms with Crippen LogP contribution in [-0.4, -0.2) is 49.4 Å². The van der Waals surface area contributed by atoms with Gasteiger partial charge in [0.2, 0.25) is 5.91 Å². The number of carbonyl (C=O) groups is 1. The van der Waals surface area contributed by atoms with E-state index in [1.165, 1.54) is 37.4 Å². The van der Waals surface area contributed by atoms with Crippen LogP contribution >= 0.6 is 11.8 Å². The van der Waals surface area contributed by atoms with Crippen molar-refractivity contribution in [3.63, 3.8) is 0 Å². The number of aliphatic imine (C=N–C) groups is 1. The molecule has 2 saturated heterocycles. The molecule has 1 aromatic carbocycles. The number of amides is 1. The molecule has 28 heavy (non-hydrogen) atoms. The average molecular weight is 423 g/mol. The van der Waals surface area contributed by atoms with Gasteiger partial charge in [-0.1, -0.05) is 43.5 Å². The number of ether oxygens (including phenoxy) is 1. The lowest BCUT2D eigenvalue weighted by Crippen LogP contribution is -2.37. The fourth-order valence-corrected chi connectivity index (χ4v) is 8.35. The third-order valence-electron chi connectivity index (χ3n) is 5.86. The summed E-state index contributed by atoms with van der Waals surface area (Å²) in [5, 5.41) is 0.534. The van der Waals surface area contributed by atoms with E-state index in [0.29, 0.717) is 23.3 Å². The highest BCUT2D eigenvalue weighted by Crippen LogP contribution is 2.41. The molecule has 2 heterocycles. The Morgan fingerprint density at radius 2 is 2.07 bits per heavy atom. The lowest BCUT2D eigenvalue weighted by Gasteiger charge is -2.24. The molecule has 0 bridgehead atoms. The zero-order chi connectivity index (χ0) is 19.7. The Balaban J connectivity index is 1.56. The highest BCUT2D eigenvalue weighted by molar-refractivity contribution is 8.16. The number of anilines is 1. The Bertz CT molecular complexity index is 878. The molecule has 8 heteroatoms. The molecular formula is C20H26N2O4S2. The Kier molecular flexibility index (Phi) is 5.69. The van der Waals surface area contributed by atoms with Gasteiger partial charge in [-0.15, -0.1) is 0 Å². The Morgan fingerprint density at radius 1 is 1.29 bits per heavy atom. The minimum atomic E-state index is -3.07. The average Bonchev–Trinajstić information content (AvgIpc) is 3.34. The number of methoxy groups -OCH3 is 1. The van der Waals surface area contributed by atoms with Gasteiger partial charge in [0.1, 0.15) is 5.75 Å². The summed E-state index contributed by atoms with van der Waals surface area (Å²) < 4.78 is 29.6. The molecule has 2 aliphatic heterocycles. The van der Waals surface area contributed by atoms with Gasteiger partial charge in [-0.2, -0.15) is 4.99 Å². The van der Waals surface area contributed by atoms with Crippen LogP contribution in [0.15, 0.2) is 29.3 Å². The molecule has 1 aliphatic carbocycles. The third kappa shape index (κ3) is 4.22. The molecule has 3 aliphatic rings. The first kappa shape index (κ1) is 19.8. The second-order valence-corrected chi connectivity index (χ2v) is 11.2. The van der Waals surface area contributed by atoms with Crippen molar-refractivity contribution in [3.8, 4) is 5.75 Å². The van der Waals surface area contributed by atoms with E-state index < -0.39 is 9.84 Å². The molecule has 0 radical (unpaired) electrons. The number of amidine groups is 1. The number of benzene rings is 1. The van der Waals surface area contributed by atoms with Crippen molar-refractivity contribution in [1.82, 2.24) is 0 Å². The molecular weight excluding hydrogens is 396 g/mol. The minimum absolute atomic E-state index is 0.0856. The van der Waals surface area contributed by atoms with E-state index in [4.69, 9.17) is 4.74 Å². The van der Waals surface area contributed by atoms with Crippen molar-refractivity contribution >= 4 is 38.4 Å². The number of hydrogen-bond donors (Lipinski definition) is 0. The number of fused-ring (bicyclic) bond motifs is 1. The van der Waals surface area contributed by atoms with Gasteiger partial charge in [-0.05, 0) is 24.5 Å². The molecule has 0 spiro atoms. The molecule has 4 rings (SSSR count). The van der Waals surface area contributed by atoms with Crippen molar-refractivity contribution in [2.45, 2.75) is 49.8 Å². The zero-order valence-corrected chi connectivity index (χ0v) is 17.7. The van der Waals surface area contributed by atoms with Crippen LogP contribution in [0, 0.1) is 5.92 Å². The molecule has 1 aromatic rings. The Hall–Kier alpha value is -1.54. The quantitative estimate of drug-likeness (QED) is 0.725. The summed E-state index contributed by atoms with van der Waals surface area (Å²) in [6.07, 6.45) is 6.34. The van der Waals surface area contributed by atoms with Crippen LogP contribution in [0.1, 0.15) is 38.5 Å². The van der Waals surface area contributed by atoms with E-state index in [2.05, 4.69) is 4.99 Å². The number of carbonyl (C=O) groups excluding carboxylic acids is 1. The van der Waals surface area contributed by atoms with Gasteiger partial charge < -0.3 is 9.64 Å². The summed E-state index contributed by atoms with van der Waals surface area (Å²) in [4.78, 5) is 18.9. The second-order valence-electron chi connectivity index (χ2n) is 7.85. The predicted octanol–water partition coefficient (Wildman–Crippen LogP) is 3.27. The first-order valence-electron chi connectivity index (χ1n) is 9.87. The predicted molar refractivity (Wildman–Crippen MR) is 113 cm³/mol. The van der Waals surface area contributed by atoms with Crippen LogP contribution in [0.3, 0.4) is 0 Å². The van der Waals surface area contributed by atoms with Crippen molar-refractivity contribution < 1.29 is 17.9 Å². The van der Waals surface area contributed by atoms with E-state index in [0.717, 1.165) is 12.1 Å². The third-order valence-corrected chi connectivity index (χ3v) is 9.07. The van der Waals surface area contributed by atoms with Gasteiger partial charge in [0.05, 0.1) is 24.7 Å². The number of nitrogens with zero attached hydrogens (tertiary/aromatic N) is 2. The topological polar surface area (TPSA) is 76.0 Å². The van der Waals surface area contributed by atoms with Gasteiger partial charge >= 0.3 is 0 Å². The number of sulfone groups is 1. The fourth-order valence-electron chi connectivity index (χ4n) is 4.42. The maximum atomic E-state index is 12.5. The summed E-state index contributed by atoms with van der Waals surface area (Å²) in [5.41, 5.74) is 0.818. The molecule has 0 aromatic heterocycles. The minimum Gasteiger partial charge on any atom is -0.497 e. The van der Waals surface area contributed by atoms with Crippen LogP contribution in [-0.2, 0) is 14.6 Å². The van der Waals surface area contributed by atoms with Crippen LogP contribution in [0.5, 0.6) is 5.75 Å². The molecule has 0 N–H and O–H groups in total. The Labute approximate surface area is 170 Å². The highest BCUT2D eigenvalue weighted by Gasteiger charge is 2.49. The van der Waals surface area contributed by atoms with E-state index in [9.17, 15) is 13.2 Å². The number of thioether (sulfide) groups is 1. The first-order chi connectivity index (χ1) is 13.4. The van der Waals surface area contributed by atoms with E-state index in [-0.39, 0.29) is 28.7 Å². The molecule has 3 fully saturated rings.